The number of pyridine rings is 1. The van der Waals surface area contributed by atoms with Gasteiger partial charge in [0, 0.05) is 12.3 Å². The molecule has 0 saturated heterocycles. The standard InChI is InChI=1S/C23H20F2N4O2/c24-19-8-4-17(5-9-19)23(18-6-10-20(25)11-7-18)30-14-13-29-15-21(27-28-29)16-31-22-3-1-2-12-26-22/h1-12,15,23H,13-14,16H2. The molecule has 2 aromatic carbocycles. The summed E-state index contributed by atoms with van der Waals surface area (Å²) >= 11 is 0. The van der Waals surface area contributed by atoms with Crippen molar-refractivity contribution in [3.8, 4) is 5.88 Å². The zero-order valence-electron chi connectivity index (χ0n) is 16.6. The van der Waals surface area contributed by atoms with Crippen molar-refractivity contribution >= 4 is 0 Å². The van der Waals surface area contributed by atoms with Crippen LogP contribution in [0, 0.1) is 11.6 Å². The second-order valence-corrected chi connectivity index (χ2v) is 6.78. The van der Waals surface area contributed by atoms with Gasteiger partial charge in [-0.05, 0) is 41.5 Å². The van der Waals surface area contributed by atoms with Gasteiger partial charge in [-0.15, -0.1) is 5.10 Å². The lowest BCUT2D eigenvalue weighted by atomic mass is 10.0. The molecule has 0 spiro atoms. The molecule has 0 saturated carbocycles. The lowest BCUT2D eigenvalue weighted by Gasteiger charge is -2.19. The first-order valence-corrected chi connectivity index (χ1v) is 9.73. The van der Waals surface area contributed by atoms with Crippen LogP contribution >= 0.6 is 0 Å². The van der Waals surface area contributed by atoms with Crippen molar-refractivity contribution in [3.63, 3.8) is 0 Å². The highest BCUT2D eigenvalue weighted by Crippen LogP contribution is 2.26. The molecule has 4 rings (SSSR count). The van der Waals surface area contributed by atoms with Crippen molar-refractivity contribution in [1.82, 2.24) is 20.0 Å². The number of halogens is 2. The molecular weight excluding hydrogens is 402 g/mol. The molecule has 0 aliphatic rings. The van der Waals surface area contributed by atoms with Crippen molar-refractivity contribution in [1.29, 1.82) is 0 Å². The number of hydrogen-bond acceptors (Lipinski definition) is 5. The molecule has 0 aliphatic carbocycles. The smallest absolute Gasteiger partial charge is 0.213 e. The van der Waals surface area contributed by atoms with E-state index < -0.39 is 6.10 Å². The van der Waals surface area contributed by atoms with Gasteiger partial charge in [0.2, 0.25) is 5.88 Å². The van der Waals surface area contributed by atoms with Crippen molar-refractivity contribution in [3.05, 3.63) is 108 Å². The first-order valence-electron chi connectivity index (χ1n) is 9.73. The average Bonchev–Trinajstić information content (AvgIpc) is 3.25. The van der Waals surface area contributed by atoms with Crippen LogP contribution in [0.1, 0.15) is 22.9 Å². The van der Waals surface area contributed by atoms with E-state index in [4.69, 9.17) is 9.47 Å². The van der Waals surface area contributed by atoms with E-state index in [1.54, 1.807) is 47.4 Å². The van der Waals surface area contributed by atoms with Gasteiger partial charge in [0.1, 0.15) is 30.0 Å². The summed E-state index contributed by atoms with van der Waals surface area (Å²) in [6.45, 7) is 1.03. The summed E-state index contributed by atoms with van der Waals surface area (Å²) in [6, 6.07) is 17.6. The fourth-order valence-electron chi connectivity index (χ4n) is 3.02. The topological polar surface area (TPSA) is 62.1 Å². The molecule has 0 amide bonds. The normalized spacial score (nSPS) is 11.1. The summed E-state index contributed by atoms with van der Waals surface area (Å²) < 4.78 is 39.9. The Morgan fingerprint density at radius 1 is 0.871 bits per heavy atom. The first-order chi connectivity index (χ1) is 15.2. The van der Waals surface area contributed by atoms with E-state index in [0.717, 1.165) is 11.1 Å². The zero-order valence-corrected chi connectivity index (χ0v) is 16.6. The number of ether oxygens (including phenoxy) is 2. The predicted octanol–water partition coefficient (Wildman–Crippen LogP) is 4.34. The molecule has 31 heavy (non-hydrogen) atoms. The van der Waals surface area contributed by atoms with Crippen LogP contribution in [0.4, 0.5) is 8.78 Å². The van der Waals surface area contributed by atoms with E-state index >= 15 is 0 Å². The Hall–Kier alpha value is -3.65. The third-order valence-electron chi connectivity index (χ3n) is 4.54. The second-order valence-electron chi connectivity index (χ2n) is 6.78. The molecule has 0 radical (unpaired) electrons. The second kappa shape index (κ2) is 9.90. The van der Waals surface area contributed by atoms with Crippen LogP contribution in [0.15, 0.2) is 79.1 Å². The van der Waals surface area contributed by atoms with E-state index in [-0.39, 0.29) is 18.2 Å². The van der Waals surface area contributed by atoms with Gasteiger partial charge >= 0.3 is 0 Å². The van der Waals surface area contributed by atoms with Crippen LogP contribution in [0.2, 0.25) is 0 Å². The molecule has 0 N–H and O–H groups in total. The summed E-state index contributed by atoms with van der Waals surface area (Å²) in [5.41, 5.74) is 2.21. The van der Waals surface area contributed by atoms with E-state index in [1.165, 1.54) is 24.3 Å². The molecule has 0 bridgehead atoms. The van der Waals surface area contributed by atoms with E-state index in [9.17, 15) is 8.78 Å². The van der Waals surface area contributed by atoms with Crippen molar-refractivity contribution in [2.24, 2.45) is 0 Å². The van der Waals surface area contributed by atoms with Crippen LogP contribution in [0.3, 0.4) is 0 Å². The molecule has 6 nitrogen and oxygen atoms in total. The quantitative estimate of drug-likeness (QED) is 0.402. The van der Waals surface area contributed by atoms with E-state index in [2.05, 4.69) is 15.3 Å². The molecular formula is C23H20F2N4O2. The number of nitrogens with zero attached hydrogens (tertiary/aromatic N) is 4. The maximum atomic E-state index is 13.3. The molecule has 0 unspecified atom stereocenters. The highest BCUT2D eigenvalue weighted by atomic mass is 19.1. The SMILES string of the molecule is Fc1ccc(C(OCCn2cc(COc3ccccn3)nn2)c2ccc(F)cc2)cc1. The molecule has 0 fully saturated rings. The summed E-state index contributed by atoms with van der Waals surface area (Å²) in [7, 11) is 0. The Morgan fingerprint density at radius 2 is 1.55 bits per heavy atom. The van der Waals surface area contributed by atoms with Gasteiger partial charge in [-0.25, -0.2) is 18.4 Å². The predicted molar refractivity (Wildman–Crippen MR) is 109 cm³/mol. The summed E-state index contributed by atoms with van der Waals surface area (Å²) in [5.74, 6) is -0.142. The monoisotopic (exact) mass is 422 g/mol. The minimum atomic E-state index is -0.461. The minimum Gasteiger partial charge on any atom is -0.471 e. The highest BCUT2D eigenvalue weighted by molar-refractivity contribution is 5.30. The van der Waals surface area contributed by atoms with Gasteiger partial charge in [-0.1, -0.05) is 35.5 Å². The Bertz CT molecular complexity index is 1040. The zero-order chi connectivity index (χ0) is 21.5. The lowest BCUT2D eigenvalue weighted by molar-refractivity contribution is 0.0716. The van der Waals surface area contributed by atoms with Crippen LogP contribution < -0.4 is 4.74 Å². The van der Waals surface area contributed by atoms with Crippen LogP contribution in [-0.4, -0.2) is 26.6 Å². The Labute approximate surface area is 178 Å². The highest BCUT2D eigenvalue weighted by Gasteiger charge is 2.15. The van der Waals surface area contributed by atoms with E-state index in [1.807, 2.05) is 12.1 Å². The maximum Gasteiger partial charge on any atom is 0.213 e. The van der Waals surface area contributed by atoms with Gasteiger partial charge in [0.25, 0.3) is 0 Å². The van der Waals surface area contributed by atoms with Gasteiger partial charge in [0.05, 0.1) is 19.3 Å². The molecule has 2 aromatic heterocycles. The number of benzene rings is 2. The number of hydrogen-bond donors (Lipinski definition) is 0. The van der Waals surface area contributed by atoms with Crippen LogP contribution in [-0.2, 0) is 17.9 Å². The first kappa shape index (κ1) is 20.6. The maximum absolute atomic E-state index is 13.3. The number of rotatable bonds is 9. The van der Waals surface area contributed by atoms with Gasteiger partial charge in [-0.3, -0.25) is 0 Å². The molecule has 4 aromatic rings. The Morgan fingerprint density at radius 3 is 2.16 bits per heavy atom. The molecule has 0 aliphatic heterocycles. The summed E-state index contributed by atoms with van der Waals surface area (Å²) in [5, 5.41) is 8.17. The van der Waals surface area contributed by atoms with E-state index in [0.29, 0.717) is 24.7 Å². The Kier molecular flexibility index (Phi) is 6.59. The lowest BCUT2D eigenvalue weighted by Crippen LogP contribution is -2.12. The minimum absolute atomic E-state index is 0.256. The van der Waals surface area contributed by atoms with Gasteiger partial charge < -0.3 is 9.47 Å². The largest absolute Gasteiger partial charge is 0.471 e. The van der Waals surface area contributed by atoms with Gasteiger partial charge in [-0.2, -0.15) is 0 Å². The fraction of sp³-hybridized carbons (Fsp3) is 0.174. The summed E-state index contributed by atoms with van der Waals surface area (Å²) in [6.07, 6.45) is 2.97. The van der Waals surface area contributed by atoms with Gasteiger partial charge in [0.15, 0.2) is 0 Å². The molecule has 2 heterocycles. The Balaban J connectivity index is 1.37. The third-order valence-corrected chi connectivity index (χ3v) is 4.54. The van der Waals surface area contributed by atoms with Crippen molar-refractivity contribution in [2.45, 2.75) is 19.3 Å². The summed E-state index contributed by atoms with van der Waals surface area (Å²) in [4.78, 5) is 4.09. The van der Waals surface area contributed by atoms with Crippen LogP contribution in [0.25, 0.3) is 0 Å². The van der Waals surface area contributed by atoms with Crippen molar-refractivity contribution < 1.29 is 18.3 Å². The molecule has 158 valence electrons. The molecule has 0 atom stereocenters. The third kappa shape index (κ3) is 5.70. The van der Waals surface area contributed by atoms with Crippen LogP contribution in [0.5, 0.6) is 5.88 Å². The number of aromatic nitrogens is 4. The average molecular weight is 422 g/mol. The fourth-order valence-corrected chi connectivity index (χ4v) is 3.02. The van der Waals surface area contributed by atoms with Crippen molar-refractivity contribution in [2.75, 3.05) is 6.61 Å². The molecule has 8 heteroatoms.